The van der Waals surface area contributed by atoms with Crippen LogP contribution in [0.5, 0.6) is 0 Å². The third-order valence-corrected chi connectivity index (χ3v) is 11.9. The van der Waals surface area contributed by atoms with Gasteiger partial charge in [-0.3, -0.25) is 9.59 Å². The van der Waals surface area contributed by atoms with E-state index in [0.717, 1.165) is 12.8 Å². The Labute approximate surface area is 293 Å². The number of carbonyl (C=O) groups is 3. The van der Waals surface area contributed by atoms with Gasteiger partial charge in [0.25, 0.3) is 0 Å². The molecule has 282 valence electrons. The van der Waals surface area contributed by atoms with Crippen molar-refractivity contribution in [3.63, 3.8) is 0 Å². The van der Waals surface area contributed by atoms with Crippen molar-refractivity contribution in [2.75, 3.05) is 41.3 Å². The Morgan fingerprint density at radius 3 is 2.37 bits per heavy atom. The molecule has 0 aromatic heterocycles. The van der Waals surface area contributed by atoms with Crippen molar-refractivity contribution in [2.45, 2.75) is 153 Å². The smallest absolute Gasteiger partial charge is 0.408 e. The molecule has 3 aliphatic heterocycles. The highest BCUT2D eigenvalue weighted by molar-refractivity contribution is 6.00. The van der Waals surface area contributed by atoms with E-state index in [1.54, 1.807) is 27.9 Å². The number of Topliss-reactive ketones (excluding diaryl/α,β-unsaturated/α-hetero) is 1. The summed E-state index contributed by atoms with van der Waals surface area (Å²) in [5, 5.41) is 18.2. The minimum Gasteiger partial charge on any atom is -0.458 e. The van der Waals surface area contributed by atoms with Crippen LogP contribution in [0.2, 0.25) is 0 Å². The fourth-order valence-electron chi connectivity index (χ4n) is 8.44. The molecule has 0 bridgehead atoms. The van der Waals surface area contributed by atoms with Crippen LogP contribution in [0.4, 0.5) is 4.79 Å². The molecule has 49 heavy (non-hydrogen) atoms. The van der Waals surface area contributed by atoms with Gasteiger partial charge in [0, 0.05) is 44.2 Å². The number of aliphatic hydroxyl groups is 1. The number of esters is 1. The van der Waals surface area contributed by atoms with Gasteiger partial charge in [-0.2, -0.15) is 0 Å². The van der Waals surface area contributed by atoms with Crippen LogP contribution in [0, 0.1) is 17.8 Å². The first-order chi connectivity index (χ1) is 22.9. The van der Waals surface area contributed by atoms with Crippen molar-refractivity contribution in [2.24, 2.45) is 17.8 Å². The average molecular weight is 697 g/mol. The van der Waals surface area contributed by atoms with Gasteiger partial charge < -0.3 is 49.2 Å². The zero-order valence-electron chi connectivity index (χ0n) is 31.7. The molecular formula is C36H64N4O9. The van der Waals surface area contributed by atoms with E-state index >= 15 is 0 Å². The molecule has 0 aromatic rings. The normalized spacial score (nSPS) is 43.5. The van der Waals surface area contributed by atoms with Gasteiger partial charge in [-0.15, -0.1) is 0 Å². The maximum Gasteiger partial charge on any atom is 0.408 e. The van der Waals surface area contributed by atoms with Crippen LogP contribution in [0.15, 0.2) is 0 Å². The van der Waals surface area contributed by atoms with Crippen molar-refractivity contribution in [3.05, 3.63) is 0 Å². The number of hydrogen-bond donors (Lipinski definition) is 3. The van der Waals surface area contributed by atoms with Crippen LogP contribution in [-0.2, 0) is 33.3 Å². The van der Waals surface area contributed by atoms with E-state index in [9.17, 15) is 19.5 Å². The van der Waals surface area contributed by atoms with Crippen LogP contribution >= 0.6 is 0 Å². The summed E-state index contributed by atoms with van der Waals surface area (Å²) in [5.74, 6) is -3.00. The minimum atomic E-state index is -1.15. The number of amides is 1. The molecule has 13 atom stereocenters. The predicted molar refractivity (Wildman–Crippen MR) is 184 cm³/mol. The van der Waals surface area contributed by atoms with E-state index in [2.05, 4.69) is 22.5 Å². The molecule has 4 fully saturated rings. The Bertz CT molecular complexity index is 1160. The fourth-order valence-corrected chi connectivity index (χ4v) is 8.44. The second-order valence-corrected chi connectivity index (χ2v) is 15.9. The zero-order valence-corrected chi connectivity index (χ0v) is 31.7. The Morgan fingerprint density at radius 1 is 1.12 bits per heavy atom. The lowest BCUT2D eigenvalue weighted by atomic mass is 9.78. The van der Waals surface area contributed by atoms with Gasteiger partial charge in [-0.25, -0.2) is 4.79 Å². The van der Waals surface area contributed by atoms with Crippen molar-refractivity contribution < 1.29 is 43.2 Å². The first-order valence-corrected chi connectivity index (χ1v) is 18.3. The van der Waals surface area contributed by atoms with Crippen LogP contribution in [0.3, 0.4) is 0 Å². The Balaban J connectivity index is 1.69. The molecule has 3 heterocycles. The van der Waals surface area contributed by atoms with Crippen LogP contribution in [0.25, 0.3) is 0 Å². The van der Waals surface area contributed by atoms with Crippen LogP contribution in [-0.4, -0.2) is 140 Å². The van der Waals surface area contributed by atoms with Crippen molar-refractivity contribution in [1.29, 1.82) is 0 Å². The van der Waals surface area contributed by atoms with E-state index in [1.165, 1.54) is 6.42 Å². The van der Waals surface area contributed by atoms with Gasteiger partial charge in [-0.1, -0.05) is 27.2 Å². The lowest BCUT2D eigenvalue weighted by Gasteiger charge is -2.47. The molecule has 1 aliphatic carbocycles. The molecule has 13 nitrogen and oxygen atoms in total. The number of ketones is 1. The number of hydrogen-bond acceptors (Lipinski definition) is 12. The largest absolute Gasteiger partial charge is 0.458 e. The zero-order chi connectivity index (χ0) is 36.4. The monoisotopic (exact) mass is 696 g/mol. The second-order valence-electron chi connectivity index (χ2n) is 15.9. The summed E-state index contributed by atoms with van der Waals surface area (Å²) in [7, 11) is 7.47. The molecule has 4 rings (SSSR count). The number of fused-ring (bicyclic) bond motifs is 1. The maximum atomic E-state index is 14.3. The van der Waals surface area contributed by atoms with E-state index in [-0.39, 0.29) is 29.9 Å². The molecule has 2 unspecified atom stereocenters. The van der Waals surface area contributed by atoms with Gasteiger partial charge in [0.1, 0.15) is 18.1 Å². The SMILES string of the molecule is CC[C@H]1OC(=O)C(C)C(=O)[C@H](C)[C@@H](O[C@@H]2O[C@H](CNC3CCC3)CC(N(C)C)[C@H]2O)[C@](C)(OC)C[C@@H](C)CN(C)[C@H](C)[C@H]2NC(=O)O[C@@]21C. The molecule has 1 saturated carbocycles. The number of rotatable bonds is 8. The molecule has 13 heteroatoms. The molecule has 1 amide bonds. The molecular weight excluding hydrogens is 632 g/mol. The highest BCUT2D eigenvalue weighted by atomic mass is 16.7. The summed E-state index contributed by atoms with van der Waals surface area (Å²) < 4.78 is 31.4. The fraction of sp³-hybridized carbons (Fsp3) is 0.917. The van der Waals surface area contributed by atoms with E-state index in [0.29, 0.717) is 38.4 Å². The average Bonchev–Trinajstić information content (AvgIpc) is 3.34. The van der Waals surface area contributed by atoms with Crippen molar-refractivity contribution in [3.8, 4) is 0 Å². The quantitative estimate of drug-likeness (QED) is 0.253. The van der Waals surface area contributed by atoms with Gasteiger partial charge in [0.05, 0.1) is 23.9 Å². The van der Waals surface area contributed by atoms with Crippen LogP contribution in [0.1, 0.15) is 87.0 Å². The lowest BCUT2D eigenvalue weighted by Crippen LogP contribution is -2.60. The number of ether oxygens (including phenoxy) is 5. The summed E-state index contributed by atoms with van der Waals surface area (Å²) in [5.41, 5.74) is -2.16. The third kappa shape index (κ3) is 8.61. The van der Waals surface area contributed by atoms with Gasteiger partial charge in [-0.05, 0) is 86.9 Å². The molecule has 3 saturated heterocycles. The Hall–Kier alpha value is -1.87. The number of nitrogens with one attached hydrogen (secondary N) is 2. The summed E-state index contributed by atoms with van der Waals surface area (Å²) >= 11 is 0. The second kappa shape index (κ2) is 16.2. The predicted octanol–water partition coefficient (Wildman–Crippen LogP) is 2.72. The molecule has 0 aromatic carbocycles. The highest BCUT2D eigenvalue weighted by Gasteiger charge is 2.56. The van der Waals surface area contributed by atoms with Crippen molar-refractivity contribution in [1.82, 2.24) is 20.4 Å². The summed E-state index contributed by atoms with van der Waals surface area (Å²) in [4.78, 5) is 44.8. The molecule has 3 N–H and O–H groups in total. The first kappa shape index (κ1) is 39.9. The number of aliphatic hydroxyl groups excluding tert-OH is 1. The number of likely N-dealkylation sites (N-methyl/N-ethyl adjacent to an activating group) is 2. The number of cyclic esters (lactones) is 1. The molecule has 4 aliphatic rings. The van der Waals surface area contributed by atoms with Gasteiger partial charge in [0.2, 0.25) is 0 Å². The Morgan fingerprint density at radius 2 is 1.80 bits per heavy atom. The van der Waals surface area contributed by atoms with E-state index < -0.39 is 65.7 Å². The molecule has 0 radical (unpaired) electrons. The number of alkyl carbamates (subject to hydrolysis) is 1. The van der Waals surface area contributed by atoms with Crippen molar-refractivity contribution >= 4 is 17.8 Å². The summed E-state index contributed by atoms with van der Waals surface area (Å²) in [6, 6.07) is -0.413. The molecule has 0 spiro atoms. The number of methoxy groups -OCH3 is 1. The highest BCUT2D eigenvalue weighted by Crippen LogP contribution is 2.38. The summed E-state index contributed by atoms with van der Waals surface area (Å²) in [6.07, 6.45) is 0.566. The van der Waals surface area contributed by atoms with E-state index in [4.69, 9.17) is 23.7 Å². The minimum absolute atomic E-state index is 0.0450. The lowest BCUT2D eigenvalue weighted by molar-refractivity contribution is -0.297. The van der Waals surface area contributed by atoms with Crippen LogP contribution < -0.4 is 10.6 Å². The van der Waals surface area contributed by atoms with Gasteiger partial charge in [0.15, 0.2) is 17.7 Å². The number of nitrogens with zero attached hydrogens (tertiary/aromatic N) is 2. The number of carbonyl (C=O) groups excluding carboxylic acids is 3. The van der Waals surface area contributed by atoms with Gasteiger partial charge >= 0.3 is 12.1 Å². The third-order valence-electron chi connectivity index (χ3n) is 11.9. The topological polar surface area (TPSA) is 148 Å². The summed E-state index contributed by atoms with van der Waals surface area (Å²) in [6.45, 7) is 14.3. The van der Waals surface area contributed by atoms with E-state index in [1.807, 2.05) is 46.8 Å². The standard InChI is InChI=1S/C36H64N4O9/c1-12-27-36(7)30(38-34(44)49-36)23(5)40(10)19-20(2)17-35(6,45-11)31(21(3)28(41)22(4)32(43)47-27)48-33-29(42)26(39(8)9)16-25(46-33)18-37-24-14-13-15-24/h20-27,29-31,33,37,42H,12-19H2,1-11H3,(H,38,44)/t20-,21+,22?,23-,25+,26?,27-,29-,30-,31-,33+,35-,36-/m1/s1. The first-order valence-electron chi connectivity index (χ1n) is 18.3. The maximum absolute atomic E-state index is 14.3. The Kier molecular flexibility index (Phi) is 13.2.